The molecule has 1 aromatic rings. The van der Waals surface area contributed by atoms with Crippen LogP contribution < -0.4 is 10.6 Å². The van der Waals surface area contributed by atoms with E-state index >= 15 is 0 Å². The summed E-state index contributed by atoms with van der Waals surface area (Å²) in [5.74, 6) is 0. The highest BCUT2D eigenvalue weighted by Gasteiger charge is 2.27. The number of rotatable bonds is 6. The van der Waals surface area contributed by atoms with E-state index in [1.54, 1.807) is 0 Å². The van der Waals surface area contributed by atoms with E-state index in [9.17, 15) is 13.2 Å². The lowest BCUT2D eigenvalue weighted by Gasteiger charge is -2.22. The molecule has 0 aromatic heterocycles. The zero-order valence-corrected chi connectivity index (χ0v) is 11.4. The lowest BCUT2D eigenvalue weighted by molar-refractivity contribution is -0.136. The Balaban J connectivity index is 2.65. The summed E-state index contributed by atoms with van der Waals surface area (Å²) in [6.07, 6.45) is -5.06. The molecule has 108 valence electrons. The molecule has 1 aromatic carbocycles. The molecule has 0 saturated carbocycles. The average Bonchev–Trinajstić information content (AvgIpc) is 2.37. The van der Waals surface area contributed by atoms with Gasteiger partial charge < -0.3 is 10.6 Å². The van der Waals surface area contributed by atoms with Gasteiger partial charge in [0.2, 0.25) is 0 Å². The van der Waals surface area contributed by atoms with Crippen LogP contribution in [0.2, 0.25) is 0 Å². The number of benzene rings is 1. The van der Waals surface area contributed by atoms with Crippen molar-refractivity contribution in [1.29, 1.82) is 0 Å². The highest BCUT2D eigenvalue weighted by Crippen LogP contribution is 2.27. The number of nitrogens with two attached hydrogens (primary N) is 1. The van der Waals surface area contributed by atoms with E-state index in [-0.39, 0.29) is 6.42 Å². The van der Waals surface area contributed by atoms with Gasteiger partial charge in [-0.3, -0.25) is 0 Å². The molecule has 0 saturated heterocycles. The van der Waals surface area contributed by atoms with Crippen LogP contribution in [0.3, 0.4) is 0 Å². The molecule has 2 N–H and O–H groups in total. The molecule has 0 amide bonds. The van der Waals surface area contributed by atoms with Gasteiger partial charge in [0.25, 0.3) is 0 Å². The maximum Gasteiger partial charge on any atom is 0.389 e. The van der Waals surface area contributed by atoms with E-state index in [4.69, 9.17) is 5.73 Å². The number of nitrogens with zero attached hydrogens (tertiary/aromatic N) is 1. The van der Waals surface area contributed by atoms with E-state index in [1.807, 2.05) is 24.3 Å². The minimum absolute atomic E-state index is 0.0753. The van der Waals surface area contributed by atoms with Gasteiger partial charge >= 0.3 is 6.18 Å². The first-order valence-corrected chi connectivity index (χ1v) is 6.54. The number of alkyl halides is 3. The van der Waals surface area contributed by atoms with Crippen LogP contribution in [0.25, 0.3) is 0 Å². The topological polar surface area (TPSA) is 29.3 Å². The molecule has 0 aliphatic carbocycles. The van der Waals surface area contributed by atoms with E-state index in [0.717, 1.165) is 24.3 Å². The third kappa shape index (κ3) is 5.11. The summed E-state index contributed by atoms with van der Waals surface area (Å²) in [5, 5.41) is 0. The fourth-order valence-corrected chi connectivity index (χ4v) is 2.01. The minimum Gasteiger partial charge on any atom is -0.372 e. The summed E-state index contributed by atoms with van der Waals surface area (Å²) in [6, 6.07) is 6.89. The Kier molecular flexibility index (Phi) is 5.66. The average molecular weight is 274 g/mol. The van der Waals surface area contributed by atoms with E-state index < -0.39 is 18.6 Å². The lowest BCUT2D eigenvalue weighted by atomic mass is 10.0. The van der Waals surface area contributed by atoms with Crippen molar-refractivity contribution in [3.05, 3.63) is 29.8 Å². The summed E-state index contributed by atoms with van der Waals surface area (Å²) >= 11 is 0. The monoisotopic (exact) mass is 274 g/mol. The molecule has 0 bridgehead atoms. The second-order valence-corrected chi connectivity index (χ2v) is 4.52. The van der Waals surface area contributed by atoms with Crippen LogP contribution in [0.15, 0.2) is 24.3 Å². The van der Waals surface area contributed by atoms with Crippen LogP contribution in [0.4, 0.5) is 18.9 Å². The third-order valence-electron chi connectivity index (χ3n) is 3.19. The Morgan fingerprint density at radius 1 is 1.11 bits per heavy atom. The third-order valence-corrected chi connectivity index (χ3v) is 3.19. The Bertz CT molecular complexity index is 369. The van der Waals surface area contributed by atoms with Crippen LogP contribution in [-0.4, -0.2) is 19.3 Å². The molecule has 5 heteroatoms. The summed E-state index contributed by atoms with van der Waals surface area (Å²) < 4.78 is 36.4. The molecule has 0 radical (unpaired) electrons. The largest absolute Gasteiger partial charge is 0.389 e. The van der Waals surface area contributed by atoms with Crippen molar-refractivity contribution in [1.82, 2.24) is 0 Å². The molecule has 0 aliphatic rings. The first-order valence-electron chi connectivity index (χ1n) is 6.54. The molecule has 1 atom stereocenters. The summed E-state index contributed by atoms with van der Waals surface area (Å²) in [4.78, 5) is 2.17. The predicted octanol–water partition coefficient (Wildman–Crippen LogP) is 3.88. The first kappa shape index (κ1) is 15.8. The number of hydrogen-bond acceptors (Lipinski definition) is 2. The Labute approximate surface area is 112 Å². The Morgan fingerprint density at radius 3 is 2.05 bits per heavy atom. The highest BCUT2D eigenvalue weighted by atomic mass is 19.4. The molecule has 2 nitrogen and oxygen atoms in total. The fraction of sp³-hybridized carbons (Fsp3) is 0.571. The molecule has 0 spiro atoms. The normalized spacial score (nSPS) is 13.4. The summed E-state index contributed by atoms with van der Waals surface area (Å²) in [5.41, 5.74) is 7.60. The Morgan fingerprint density at radius 2 is 1.63 bits per heavy atom. The van der Waals surface area contributed by atoms with Gasteiger partial charge in [0.15, 0.2) is 0 Å². The molecule has 0 aliphatic heterocycles. The van der Waals surface area contributed by atoms with Gasteiger partial charge in [-0.05, 0) is 38.0 Å². The second kappa shape index (κ2) is 6.80. The highest BCUT2D eigenvalue weighted by molar-refractivity contribution is 5.47. The van der Waals surface area contributed by atoms with Gasteiger partial charge in [0, 0.05) is 31.2 Å². The number of anilines is 1. The fourth-order valence-electron chi connectivity index (χ4n) is 2.01. The van der Waals surface area contributed by atoms with Gasteiger partial charge in [-0.1, -0.05) is 12.1 Å². The quantitative estimate of drug-likeness (QED) is 0.853. The van der Waals surface area contributed by atoms with Crippen LogP contribution in [0.1, 0.15) is 38.3 Å². The second-order valence-electron chi connectivity index (χ2n) is 4.52. The van der Waals surface area contributed by atoms with Gasteiger partial charge in [0.05, 0.1) is 0 Å². The molecule has 19 heavy (non-hydrogen) atoms. The van der Waals surface area contributed by atoms with Crippen LogP contribution in [0, 0.1) is 0 Å². The zero-order chi connectivity index (χ0) is 14.5. The van der Waals surface area contributed by atoms with Crippen LogP contribution >= 0.6 is 0 Å². The van der Waals surface area contributed by atoms with Crippen molar-refractivity contribution < 1.29 is 13.2 Å². The van der Waals surface area contributed by atoms with Crippen LogP contribution in [-0.2, 0) is 0 Å². The molecular weight excluding hydrogens is 253 g/mol. The number of hydrogen-bond donors (Lipinski definition) is 1. The van der Waals surface area contributed by atoms with Gasteiger partial charge in [-0.25, -0.2) is 0 Å². The minimum atomic E-state index is -4.14. The zero-order valence-electron chi connectivity index (χ0n) is 11.4. The smallest absolute Gasteiger partial charge is 0.372 e. The maximum absolute atomic E-state index is 12.1. The molecular formula is C14H21F3N2. The summed E-state index contributed by atoms with van der Waals surface area (Å²) in [6.45, 7) is 5.92. The van der Waals surface area contributed by atoms with Gasteiger partial charge in [0.1, 0.15) is 0 Å². The molecule has 0 heterocycles. The van der Waals surface area contributed by atoms with Crippen molar-refractivity contribution in [2.24, 2.45) is 5.73 Å². The molecule has 1 rings (SSSR count). The predicted molar refractivity (Wildman–Crippen MR) is 72.2 cm³/mol. The first-order chi connectivity index (χ1) is 8.87. The van der Waals surface area contributed by atoms with E-state index in [2.05, 4.69) is 18.7 Å². The standard InChI is InChI=1S/C14H21F3N2/c1-3-19(4-2)12-7-5-11(6-8-12)13(18)9-10-14(15,16)17/h5-8,13H,3-4,9-10,18H2,1-2H3/t13-/m1/s1. The lowest BCUT2D eigenvalue weighted by Crippen LogP contribution is -2.22. The maximum atomic E-state index is 12.1. The van der Waals surface area contributed by atoms with Crippen molar-refractivity contribution in [2.45, 2.75) is 38.9 Å². The Hall–Kier alpha value is -1.23. The van der Waals surface area contributed by atoms with E-state index in [1.165, 1.54) is 0 Å². The SMILES string of the molecule is CCN(CC)c1ccc([C@H](N)CCC(F)(F)F)cc1. The molecule has 0 unspecified atom stereocenters. The van der Waals surface area contributed by atoms with Gasteiger partial charge in [-0.2, -0.15) is 13.2 Å². The van der Waals surface area contributed by atoms with Crippen molar-refractivity contribution in [3.63, 3.8) is 0 Å². The van der Waals surface area contributed by atoms with E-state index in [0.29, 0.717) is 0 Å². The van der Waals surface area contributed by atoms with Crippen molar-refractivity contribution >= 4 is 5.69 Å². The van der Waals surface area contributed by atoms with Crippen molar-refractivity contribution in [3.8, 4) is 0 Å². The van der Waals surface area contributed by atoms with Crippen LogP contribution in [0.5, 0.6) is 0 Å². The van der Waals surface area contributed by atoms with Gasteiger partial charge in [-0.15, -0.1) is 0 Å². The molecule has 0 fully saturated rings. The van der Waals surface area contributed by atoms with Crippen molar-refractivity contribution in [2.75, 3.05) is 18.0 Å². The summed E-state index contributed by atoms with van der Waals surface area (Å²) in [7, 11) is 0. The number of halogens is 3.